The monoisotopic (exact) mass is 238 g/mol. The number of nitrogens with zero attached hydrogens (tertiary/aromatic N) is 1. The summed E-state index contributed by atoms with van der Waals surface area (Å²) in [6, 6.07) is 0. The van der Waals surface area contributed by atoms with Crippen LogP contribution in [0.1, 0.15) is 66.9 Å². The largest absolute Gasteiger partial charge is 0.326 e. The predicted molar refractivity (Wildman–Crippen MR) is 69.8 cm³/mol. The van der Waals surface area contributed by atoms with Crippen molar-refractivity contribution in [3.63, 3.8) is 0 Å². The predicted octanol–water partition coefficient (Wildman–Crippen LogP) is 3.60. The van der Waals surface area contributed by atoms with Crippen LogP contribution in [0.2, 0.25) is 0 Å². The molecule has 0 radical (unpaired) electrons. The average molecular weight is 238 g/mol. The van der Waals surface area contributed by atoms with Crippen LogP contribution in [0, 0.1) is 0 Å². The van der Waals surface area contributed by atoms with Crippen molar-refractivity contribution in [2.45, 2.75) is 64.3 Å². The summed E-state index contributed by atoms with van der Waals surface area (Å²) < 4.78 is 0. The minimum atomic E-state index is 0.660. The topological polar surface area (TPSA) is 38.9 Å². The van der Waals surface area contributed by atoms with Crippen molar-refractivity contribution in [2.24, 2.45) is 5.73 Å². The van der Waals surface area contributed by atoms with E-state index in [0.29, 0.717) is 6.54 Å². The van der Waals surface area contributed by atoms with Gasteiger partial charge in [-0.25, -0.2) is 4.98 Å². The molecule has 0 saturated heterocycles. The maximum absolute atomic E-state index is 5.77. The van der Waals surface area contributed by atoms with Crippen LogP contribution in [0.25, 0.3) is 0 Å². The van der Waals surface area contributed by atoms with Gasteiger partial charge in [-0.2, -0.15) is 0 Å². The Morgan fingerprint density at radius 2 is 1.94 bits per heavy atom. The molecule has 1 aromatic heterocycles. The normalized spacial score (nSPS) is 18.6. The van der Waals surface area contributed by atoms with E-state index in [1.165, 1.54) is 54.1 Å². The standard InChI is InChI=1S/C13H22N2S/c1-2-11-12(9-14)16-13(15-11)10-7-5-3-4-6-8-10/h10H,2-9,14H2,1H3. The first-order valence-electron chi connectivity index (χ1n) is 6.53. The molecule has 3 heteroatoms. The Balaban J connectivity index is 2.15. The Bertz CT molecular complexity index is 303. The molecule has 2 rings (SSSR count). The Kier molecular flexibility index (Phi) is 4.36. The second kappa shape index (κ2) is 5.78. The van der Waals surface area contributed by atoms with E-state index >= 15 is 0 Å². The van der Waals surface area contributed by atoms with Gasteiger partial charge in [0.25, 0.3) is 0 Å². The first kappa shape index (κ1) is 12.1. The van der Waals surface area contributed by atoms with Crippen LogP contribution in [0.3, 0.4) is 0 Å². The first-order chi connectivity index (χ1) is 7.85. The zero-order valence-electron chi connectivity index (χ0n) is 10.2. The SMILES string of the molecule is CCc1nc(C2CCCCCC2)sc1CN. The number of hydrogen-bond donors (Lipinski definition) is 1. The van der Waals surface area contributed by atoms with E-state index < -0.39 is 0 Å². The van der Waals surface area contributed by atoms with Gasteiger partial charge in [0.1, 0.15) is 0 Å². The van der Waals surface area contributed by atoms with Crippen LogP contribution >= 0.6 is 11.3 Å². The smallest absolute Gasteiger partial charge is 0.0962 e. The minimum Gasteiger partial charge on any atom is -0.326 e. The third kappa shape index (κ3) is 2.64. The zero-order chi connectivity index (χ0) is 11.4. The Morgan fingerprint density at radius 3 is 2.44 bits per heavy atom. The molecule has 1 fully saturated rings. The van der Waals surface area contributed by atoms with Crippen LogP contribution in [-0.4, -0.2) is 4.98 Å². The highest BCUT2D eigenvalue weighted by Crippen LogP contribution is 2.35. The quantitative estimate of drug-likeness (QED) is 0.817. The van der Waals surface area contributed by atoms with E-state index in [9.17, 15) is 0 Å². The van der Waals surface area contributed by atoms with Gasteiger partial charge in [-0.05, 0) is 19.3 Å². The minimum absolute atomic E-state index is 0.660. The molecule has 0 spiro atoms. The van der Waals surface area contributed by atoms with E-state index in [0.717, 1.165) is 12.3 Å². The number of thiazole rings is 1. The summed E-state index contributed by atoms with van der Waals surface area (Å²) in [5, 5.41) is 1.36. The van der Waals surface area contributed by atoms with Gasteiger partial charge in [0.2, 0.25) is 0 Å². The number of rotatable bonds is 3. The van der Waals surface area contributed by atoms with Gasteiger partial charge in [0, 0.05) is 17.3 Å². The second-order valence-electron chi connectivity index (χ2n) is 4.67. The van der Waals surface area contributed by atoms with Gasteiger partial charge in [0.05, 0.1) is 10.7 Å². The van der Waals surface area contributed by atoms with Gasteiger partial charge in [0.15, 0.2) is 0 Å². The van der Waals surface area contributed by atoms with Crippen molar-refractivity contribution >= 4 is 11.3 Å². The molecule has 0 bridgehead atoms. The maximum atomic E-state index is 5.77. The first-order valence-corrected chi connectivity index (χ1v) is 7.35. The molecule has 1 aliphatic carbocycles. The number of aryl methyl sites for hydroxylation is 1. The molecule has 16 heavy (non-hydrogen) atoms. The third-order valence-electron chi connectivity index (χ3n) is 3.52. The van der Waals surface area contributed by atoms with Gasteiger partial charge in [-0.3, -0.25) is 0 Å². The molecule has 0 unspecified atom stereocenters. The van der Waals surface area contributed by atoms with Crippen molar-refractivity contribution in [1.29, 1.82) is 0 Å². The molecule has 2 nitrogen and oxygen atoms in total. The molecule has 1 heterocycles. The third-order valence-corrected chi connectivity index (χ3v) is 4.80. The van der Waals surface area contributed by atoms with Crippen molar-refractivity contribution in [3.05, 3.63) is 15.6 Å². The molecule has 0 amide bonds. The van der Waals surface area contributed by atoms with Gasteiger partial charge < -0.3 is 5.73 Å². The summed E-state index contributed by atoms with van der Waals surface area (Å²) in [6.07, 6.45) is 9.27. The van der Waals surface area contributed by atoms with Crippen LogP contribution in [-0.2, 0) is 13.0 Å². The summed E-state index contributed by atoms with van der Waals surface area (Å²) in [4.78, 5) is 6.11. The molecule has 1 saturated carbocycles. The van der Waals surface area contributed by atoms with Crippen molar-refractivity contribution in [2.75, 3.05) is 0 Å². The fourth-order valence-corrected chi connectivity index (χ4v) is 3.74. The molecule has 0 aliphatic heterocycles. The van der Waals surface area contributed by atoms with Crippen LogP contribution < -0.4 is 5.73 Å². The molecule has 1 aromatic rings. The molecular formula is C13H22N2S. The lowest BCUT2D eigenvalue weighted by molar-refractivity contribution is 0.587. The van der Waals surface area contributed by atoms with Crippen LogP contribution in [0.5, 0.6) is 0 Å². The van der Waals surface area contributed by atoms with Gasteiger partial charge >= 0.3 is 0 Å². The van der Waals surface area contributed by atoms with E-state index in [1.54, 1.807) is 0 Å². The summed E-state index contributed by atoms with van der Waals surface area (Å²) in [5.41, 5.74) is 7.01. The molecule has 1 aliphatic rings. The second-order valence-corrected chi connectivity index (χ2v) is 5.78. The van der Waals surface area contributed by atoms with E-state index in [1.807, 2.05) is 11.3 Å². The summed E-state index contributed by atoms with van der Waals surface area (Å²) in [6.45, 7) is 2.83. The van der Waals surface area contributed by atoms with Crippen molar-refractivity contribution < 1.29 is 0 Å². The van der Waals surface area contributed by atoms with E-state index in [4.69, 9.17) is 10.7 Å². The van der Waals surface area contributed by atoms with Crippen LogP contribution in [0.4, 0.5) is 0 Å². The molecule has 0 atom stereocenters. The highest BCUT2D eigenvalue weighted by molar-refractivity contribution is 7.11. The molecule has 0 aromatic carbocycles. The Hall–Kier alpha value is -0.410. The molecule has 90 valence electrons. The van der Waals surface area contributed by atoms with Crippen molar-refractivity contribution in [1.82, 2.24) is 4.98 Å². The van der Waals surface area contributed by atoms with Gasteiger partial charge in [-0.15, -0.1) is 11.3 Å². The lowest BCUT2D eigenvalue weighted by atomic mass is 10.0. The summed E-state index contributed by atoms with van der Waals surface area (Å²) in [7, 11) is 0. The Morgan fingerprint density at radius 1 is 1.25 bits per heavy atom. The van der Waals surface area contributed by atoms with Gasteiger partial charge in [-0.1, -0.05) is 32.6 Å². The molecule has 2 N–H and O–H groups in total. The summed E-state index contributed by atoms with van der Waals surface area (Å²) in [5.74, 6) is 0.720. The fraction of sp³-hybridized carbons (Fsp3) is 0.769. The lowest BCUT2D eigenvalue weighted by Crippen LogP contribution is -1.97. The van der Waals surface area contributed by atoms with Crippen LogP contribution in [0.15, 0.2) is 0 Å². The van der Waals surface area contributed by atoms with E-state index in [2.05, 4.69) is 6.92 Å². The van der Waals surface area contributed by atoms with E-state index in [-0.39, 0.29) is 0 Å². The van der Waals surface area contributed by atoms with Crippen molar-refractivity contribution in [3.8, 4) is 0 Å². The number of hydrogen-bond acceptors (Lipinski definition) is 3. The highest BCUT2D eigenvalue weighted by atomic mass is 32.1. The Labute approximate surface area is 102 Å². The fourth-order valence-electron chi connectivity index (χ4n) is 2.54. The number of nitrogens with two attached hydrogens (primary N) is 1. The maximum Gasteiger partial charge on any atom is 0.0962 e. The number of aromatic nitrogens is 1. The highest BCUT2D eigenvalue weighted by Gasteiger charge is 2.19. The lowest BCUT2D eigenvalue weighted by Gasteiger charge is -2.09. The average Bonchev–Trinajstić information content (AvgIpc) is 2.54. The molecular weight excluding hydrogens is 216 g/mol. The summed E-state index contributed by atoms with van der Waals surface area (Å²) >= 11 is 1.86. The zero-order valence-corrected chi connectivity index (χ0v) is 11.0.